The molecule has 0 radical (unpaired) electrons. The van der Waals surface area contributed by atoms with Crippen LogP contribution in [0.4, 0.5) is 5.69 Å². The van der Waals surface area contributed by atoms with E-state index in [0.29, 0.717) is 6.42 Å². The fourth-order valence-electron chi connectivity index (χ4n) is 1.21. The van der Waals surface area contributed by atoms with Crippen LogP contribution in [0.2, 0.25) is 0 Å². The Morgan fingerprint density at radius 1 is 1.40 bits per heavy atom. The van der Waals surface area contributed by atoms with Gasteiger partial charge >= 0.3 is 97.1 Å². The van der Waals surface area contributed by atoms with Crippen molar-refractivity contribution in [2.45, 2.75) is 26.2 Å². The molecule has 0 aliphatic carbocycles. The zero-order chi connectivity index (χ0) is 11.1. The maximum absolute atomic E-state index is 11.4. The van der Waals surface area contributed by atoms with E-state index in [0.717, 1.165) is 18.5 Å². The van der Waals surface area contributed by atoms with E-state index in [1.54, 1.807) is 0 Å². The molecule has 0 atom stereocenters. The van der Waals surface area contributed by atoms with Gasteiger partial charge in [0, 0.05) is 0 Å². The first-order valence-corrected chi connectivity index (χ1v) is 7.39. The summed E-state index contributed by atoms with van der Waals surface area (Å²) in [5.41, 5.74) is 0.884. The van der Waals surface area contributed by atoms with E-state index < -0.39 is 0 Å². The summed E-state index contributed by atoms with van der Waals surface area (Å²) in [5.74, 6) is 0.104. The fourth-order valence-corrected chi connectivity index (χ4v) is 1.97. The summed E-state index contributed by atoms with van der Waals surface area (Å²) in [5, 5.41) is 6.77. The second-order valence-electron chi connectivity index (χ2n) is 3.36. The van der Waals surface area contributed by atoms with E-state index in [2.05, 4.69) is 17.6 Å². The molecule has 1 aromatic carbocycles. The first-order valence-electron chi connectivity index (χ1n) is 5.13. The number of benzene rings is 1. The third kappa shape index (κ3) is 4.44. The van der Waals surface area contributed by atoms with Gasteiger partial charge in [-0.2, -0.15) is 0 Å². The molecule has 0 spiro atoms. The Bertz CT molecular complexity index is 332. The molecule has 0 unspecified atom stereocenters. The van der Waals surface area contributed by atoms with Gasteiger partial charge in [-0.1, -0.05) is 0 Å². The molecule has 1 amide bonds. The van der Waals surface area contributed by atoms with Crippen LogP contribution in [0.3, 0.4) is 0 Å². The third-order valence-corrected chi connectivity index (χ3v) is 3.48. The molecule has 80 valence electrons. The van der Waals surface area contributed by atoms with Crippen molar-refractivity contribution in [1.82, 2.24) is 0 Å². The predicted octanol–water partition coefficient (Wildman–Crippen LogP) is 1.58. The van der Waals surface area contributed by atoms with Crippen molar-refractivity contribution >= 4 is 36.6 Å². The van der Waals surface area contributed by atoms with Crippen LogP contribution in [0, 0.1) is 0 Å². The molecule has 1 aromatic rings. The molecule has 1 N–H and O–H groups in total. The van der Waals surface area contributed by atoms with Gasteiger partial charge < -0.3 is 0 Å². The monoisotopic (exact) mass is 265 g/mol. The van der Waals surface area contributed by atoms with Crippen LogP contribution in [0.5, 0.6) is 0 Å². The second kappa shape index (κ2) is 6.57. The Morgan fingerprint density at radius 3 is 2.60 bits per heavy atom. The summed E-state index contributed by atoms with van der Waals surface area (Å²) in [6, 6.07) is 7.95. The average molecular weight is 265 g/mol. The molecule has 0 aliphatic rings. The fraction of sp³-hybridized carbons (Fsp3) is 0.333. The first-order chi connectivity index (χ1) is 7.26. The minimum atomic E-state index is 0.0328. The van der Waals surface area contributed by atoms with Crippen LogP contribution in [-0.2, 0) is 4.79 Å². The average Bonchev–Trinajstić information content (AvgIpc) is 2.27. The molecule has 0 heterocycles. The van der Waals surface area contributed by atoms with E-state index in [4.69, 9.17) is 0 Å². The van der Waals surface area contributed by atoms with Gasteiger partial charge in [-0.3, -0.25) is 0 Å². The molecule has 15 heavy (non-hydrogen) atoms. The van der Waals surface area contributed by atoms with Gasteiger partial charge in [0.25, 0.3) is 0 Å². The van der Waals surface area contributed by atoms with Crippen molar-refractivity contribution < 1.29 is 4.79 Å². The Morgan fingerprint density at radius 2 is 2.07 bits per heavy atom. The summed E-state index contributed by atoms with van der Waals surface area (Å²) in [6.07, 6.45) is 2.62. The van der Waals surface area contributed by atoms with Crippen LogP contribution in [0.15, 0.2) is 24.3 Å². The quantitative estimate of drug-likeness (QED) is 0.805. The van der Waals surface area contributed by atoms with Gasteiger partial charge in [-0.05, 0) is 0 Å². The van der Waals surface area contributed by atoms with Crippen molar-refractivity contribution in [2.24, 2.45) is 0 Å². The van der Waals surface area contributed by atoms with Crippen LogP contribution in [0.25, 0.3) is 0 Å². The number of hydrogen-bond acceptors (Lipinski definition) is 1. The molecule has 1 rings (SSSR count). The predicted molar refractivity (Wildman–Crippen MR) is 67.1 cm³/mol. The molecule has 0 aromatic heterocycles. The number of anilines is 1. The van der Waals surface area contributed by atoms with Crippen LogP contribution < -0.4 is 9.67 Å². The molecule has 2 nitrogen and oxygen atoms in total. The maximum atomic E-state index is 11.4. The van der Waals surface area contributed by atoms with Gasteiger partial charge in [0.1, 0.15) is 0 Å². The Balaban J connectivity index is 2.49. The summed E-state index contributed by atoms with van der Waals surface area (Å²) in [7, 11) is 0. The Hall–Kier alpha value is -0.882. The molecule has 0 saturated heterocycles. The minimum absolute atomic E-state index is 0.0328. The van der Waals surface area contributed by atoms with E-state index >= 15 is 0 Å². The van der Waals surface area contributed by atoms with Crippen molar-refractivity contribution in [3.05, 3.63) is 24.3 Å². The van der Waals surface area contributed by atoms with E-state index in [1.807, 2.05) is 24.3 Å². The standard InChI is InChI=1S/C12H16AsNO/c1-3-4-5-12(15)14-11-8-6-10(13-2)7-9-11/h6-9H,2-5H2,1H3,(H,14,15). The zero-order valence-electron chi connectivity index (χ0n) is 8.99. The van der Waals surface area contributed by atoms with E-state index in [-0.39, 0.29) is 21.2 Å². The molecular formula is C12H16AsNO. The Labute approximate surface area is 97.3 Å². The number of hydrogen-bond donors (Lipinski definition) is 1. The van der Waals surface area contributed by atoms with Crippen molar-refractivity contribution in [3.8, 4) is 0 Å². The normalized spacial score (nSPS) is 10.2. The summed E-state index contributed by atoms with van der Waals surface area (Å²) in [6.45, 7) is 2.08. The molecule has 0 saturated carbocycles. The third-order valence-electron chi connectivity index (χ3n) is 2.09. The zero-order valence-corrected chi connectivity index (χ0v) is 10.9. The van der Waals surface area contributed by atoms with Crippen LogP contribution in [-0.4, -0.2) is 26.5 Å². The van der Waals surface area contributed by atoms with Gasteiger partial charge in [0.05, 0.1) is 0 Å². The number of carbonyl (C=O) groups excluding carboxylic acids is 1. The van der Waals surface area contributed by atoms with Crippen LogP contribution in [0.1, 0.15) is 26.2 Å². The molecule has 0 aliphatic heterocycles. The van der Waals surface area contributed by atoms with Gasteiger partial charge in [-0.15, -0.1) is 0 Å². The molecule has 3 heteroatoms. The number of unbranched alkanes of at least 4 members (excludes halogenated alkanes) is 1. The number of carbonyl (C=O) groups is 1. The van der Waals surface area contributed by atoms with Crippen molar-refractivity contribution in [3.63, 3.8) is 0 Å². The summed E-state index contributed by atoms with van der Waals surface area (Å²) in [4.78, 5) is 11.4. The van der Waals surface area contributed by atoms with E-state index in [1.165, 1.54) is 4.35 Å². The van der Waals surface area contributed by atoms with Gasteiger partial charge in [0.15, 0.2) is 0 Å². The van der Waals surface area contributed by atoms with Crippen LogP contribution >= 0.6 is 0 Å². The summed E-state index contributed by atoms with van der Waals surface area (Å²) >= 11 is 0.0328. The SMILES string of the molecule is C=[As]c1ccc(NC(=O)CCCC)cc1. The van der Waals surface area contributed by atoms with Crippen molar-refractivity contribution in [1.29, 1.82) is 0 Å². The second-order valence-corrected chi connectivity index (χ2v) is 5.10. The van der Waals surface area contributed by atoms with Crippen molar-refractivity contribution in [2.75, 3.05) is 5.32 Å². The molecular weight excluding hydrogens is 249 g/mol. The van der Waals surface area contributed by atoms with Gasteiger partial charge in [0.2, 0.25) is 0 Å². The number of nitrogens with one attached hydrogen (secondary N) is 1. The molecule has 0 fully saturated rings. The molecule has 0 bridgehead atoms. The number of rotatable bonds is 5. The Kier molecular flexibility index (Phi) is 5.34. The van der Waals surface area contributed by atoms with E-state index in [9.17, 15) is 4.79 Å². The number of amides is 1. The summed E-state index contributed by atoms with van der Waals surface area (Å²) < 4.78 is 1.28. The van der Waals surface area contributed by atoms with Gasteiger partial charge in [-0.25, -0.2) is 0 Å². The topological polar surface area (TPSA) is 29.1 Å². The first kappa shape index (κ1) is 12.2.